The van der Waals surface area contributed by atoms with E-state index < -0.39 is 11.6 Å². The number of benzene rings is 2. The number of hydrogen-bond acceptors (Lipinski definition) is 3. The zero-order valence-electron chi connectivity index (χ0n) is 14.3. The maximum absolute atomic E-state index is 13.4. The summed E-state index contributed by atoms with van der Waals surface area (Å²) in [6.45, 7) is 1.58. The average Bonchev–Trinajstić information content (AvgIpc) is 2.65. The van der Waals surface area contributed by atoms with Crippen molar-refractivity contribution < 1.29 is 8.78 Å². The van der Waals surface area contributed by atoms with Crippen molar-refractivity contribution in [2.24, 2.45) is 0 Å². The first kappa shape index (κ1) is 17.8. The van der Waals surface area contributed by atoms with E-state index in [1.165, 1.54) is 6.07 Å². The lowest BCUT2D eigenvalue weighted by Crippen LogP contribution is -2.35. The molecule has 0 amide bonds. The van der Waals surface area contributed by atoms with Crippen LogP contribution in [-0.4, -0.2) is 21.4 Å². The molecule has 0 bridgehead atoms. The van der Waals surface area contributed by atoms with Crippen LogP contribution in [0.4, 0.5) is 8.78 Å². The fourth-order valence-corrected chi connectivity index (χ4v) is 3.40. The normalized spacial score (nSPS) is 14.2. The summed E-state index contributed by atoms with van der Waals surface area (Å²) in [5.74, 6) is -1.22. The van der Waals surface area contributed by atoms with Crippen molar-refractivity contribution in [1.29, 1.82) is 0 Å². The molecular formula is C20H16ClF2N3O. The Morgan fingerprint density at radius 2 is 1.89 bits per heavy atom. The molecule has 0 unspecified atom stereocenters. The number of halogens is 3. The number of aromatic nitrogens is 2. The Morgan fingerprint density at radius 1 is 1.11 bits per heavy atom. The summed E-state index contributed by atoms with van der Waals surface area (Å²) in [6, 6.07) is 11.0. The van der Waals surface area contributed by atoms with Crippen LogP contribution in [0, 0.1) is 11.6 Å². The summed E-state index contributed by atoms with van der Waals surface area (Å²) in [7, 11) is 0. The second-order valence-electron chi connectivity index (χ2n) is 6.56. The molecule has 4 nitrogen and oxygen atoms in total. The van der Waals surface area contributed by atoms with E-state index in [4.69, 9.17) is 11.6 Å². The fraction of sp³-hybridized carbons (Fsp3) is 0.200. The van der Waals surface area contributed by atoms with Crippen LogP contribution in [0.5, 0.6) is 0 Å². The quantitative estimate of drug-likeness (QED) is 0.741. The van der Waals surface area contributed by atoms with Gasteiger partial charge in [0.25, 0.3) is 5.56 Å². The fourth-order valence-electron chi connectivity index (χ4n) is 3.27. The molecule has 2 aromatic carbocycles. The molecule has 0 aliphatic carbocycles. The first-order valence-electron chi connectivity index (χ1n) is 8.54. The van der Waals surface area contributed by atoms with Gasteiger partial charge in [-0.05, 0) is 48.4 Å². The molecule has 7 heteroatoms. The first-order valence-corrected chi connectivity index (χ1v) is 8.91. The van der Waals surface area contributed by atoms with Gasteiger partial charge >= 0.3 is 0 Å². The second-order valence-corrected chi connectivity index (χ2v) is 6.99. The summed E-state index contributed by atoms with van der Waals surface area (Å²) in [6.07, 6.45) is 0.558. The van der Waals surface area contributed by atoms with Gasteiger partial charge in [0.1, 0.15) is 5.82 Å². The monoisotopic (exact) mass is 387 g/mol. The van der Waals surface area contributed by atoms with Gasteiger partial charge in [-0.1, -0.05) is 17.7 Å². The molecule has 1 aliphatic heterocycles. The molecule has 0 radical (unpaired) electrons. The molecule has 4 rings (SSSR count). The van der Waals surface area contributed by atoms with E-state index in [1.54, 1.807) is 30.3 Å². The minimum absolute atomic E-state index is 0.141. The van der Waals surface area contributed by atoms with Crippen molar-refractivity contribution in [3.05, 3.63) is 86.3 Å². The van der Waals surface area contributed by atoms with Crippen molar-refractivity contribution in [2.75, 3.05) is 6.54 Å². The summed E-state index contributed by atoms with van der Waals surface area (Å²) in [4.78, 5) is 22.0. The van der Waals surface area contributed by atoms with Gasteiger partial charge in [0.15, 0.2) is 11.6 Å². The highest BCUT2D eigenvalue weighted by atomic mass is 35.5. The second kappa shape index (κ2) is 7.21. The molecule has 2 heterocycles. The Balaban J connectivity index is 1.60. The molecule has 1 aromatic heterocycles. The van der Waals surface area contributed by atoms with Gasteiger partial charge in [-0.25, -0.2) is 13.8 Å². The van der Waals surface area contributed by atoms with Crippen LogP contribution in [0.3, 0.4) is 0 Å². The van der Waals surface area contributed by atoms with E-state index in [9.17, 15) is 13.6 Å². The minimum Gasteiger partial charge on any atom is -0.306 e. The smallest absolute Gasteiger partial charge is 0.254 e. The highest BCUT2D eigenvalue weighted by molar-refractivity contribution is 6.30. The Hall–Kier alpha value is -2.57. The molecule has 1 N–H and O–H groups in total. The summed E-state index contributed by atoms with van der Waals surface area (Å²) >= 11 is 5.91. The Kier molecular flexibility index (Phi) is 4.76. The summed E-state index contributed by atoms with van der Waals surface area (Å²) in [5.41, 5.74) is 2.70. The molecule has 0 saturated heterocycles. The largest absolute Gasteiger partial charge is 0.306 e. The van der Waals surface area contributed by atoms with Gasteiger partial charge in [-0.15, -0.1) is 0 Å². The number of nitrogens with one attached hydrogen (secondary N) is 1. The van der Waals surface area contributed by atoms with Crippen molar-refractivity contribution in [2.45, 2.75) is 19.5 Å². The topological polar surface area (TPSA) is 49.0 Å². The number of H-pyrrole nitrogens is 1. The molecule has 27 heavy (non-hydrogen) atoms. The number of rotatable bonds is 3. The Morgan fingerprint density at radius 3 is 2.63 bits per heavy atom. The minimum atomic E-state index is -0.858. The van der Waals surface area contributed by atoms with Crippen LogP contribution in [-0.2, 0) is 19.5 Å². The number of aromatic amines is 1. The third-order valence-electron chi connectivity index (χ3n) is 4.66. The zero-order valence-corrected chi connectivity index (χ0v) is 15.1. The van der Waals surface area contributed by atoms with Crippen molar-refractivity contribution in [3.8, 4) is 11.4 Å². The van der Waals surface area contributed by atoms with Crippen LogP contribution in [0.25, 0.3) is 11.4 Å². The van der Waals surface area contributed by atoms with Crippen LogP contribution in [0.1, 0.15) is 16.8 Å². The van der Waals surface area contributed by atoms with Crippen molar-refractivity contribution in [1.82, 2.24) is 14.9 Å². The number of fused-ring (bicyclic) bond motifs is 1. The molecule has 138 valence electrons. The zero-order chi connectivity index (χ0) is 19.0. The van der Waals surface area contributed by atoms with E-state index in [-0.39, 0.29) is 5.56 Å². The lowest BCUT2D eigenvalue weighted by atomic mass is 10.0. The van der Waals surface area contributed by atoms with Gasteiger partial charge in [-0.2, -0.15) is 0 Å². The van der Waals surface area contributed by atoms with E-state index in [0.717, 1.165) is 11.6 Å². The Bertz CT molecular complexity index is 1050. The van der Waals surface area contributed by atoms with Crippen LogP contribution in [0.15, 0.2) is 47.3 Å². The van der Waals surface area contributed by atoms with Crippen LogP contribution in [0.2, 0.25) is 5.02 Å². The molecule has 3 aromatic rings. The molecule has 1 aliphatic rings. The lowest BCUT2D eigenvalue weighted by Gasteiger charge is -2.27. The SMILES string of the molecule is O=c1[nH]c(-c2ccc(Cl)cc2)nc2c1CCN(Cc1ccc(F)c(F)c1)C2. The lowest BCUT2D eigenvalue weighted by molar-refractivity contribution is 0.240. The van der Waals surface area contributed by atoms with E-state index >= 15 is 0 Å². The predicted octanol–water partition coefficient (Wildman–Crippen LogP) is 3.93. The van der Waals surface area contributed by atoms with E-state index in [2.05, 4.69) is 14.9 Å². The first-order chi connectivity index (χ1) is 13.0. The van der Waals surface area contributed by atoms with Gasteiger partial charge in [0, 0.05) is 35.8 Å². The highest BCUT2D eigenvalue weighted by Crippen LogP contribution is 2.22. The third kappa shape index (κ3) is 3.77. The van der Waals surface area contributed by atoms with Crippen molar-refractivity contribution in [3.63, 3.8) is 0 Å². The third-order valence-corrected chi connectivity index (χ3v) is 4.91. The molecular weight excluding hydrogens is 372 g/mol. The van der Waals surface area contributed by atoms with Gasteiger partial charge < -0.3 is 4.98 Å². The van der Waals surface area contributed by atoms with Crippen LogP contribution < -0.4 is 5.56 Å². The molecule has 0 fully saturated rings. The predicted molar refractivity (Wildman–Crippen MR) is 99.5 cm³/mol. The van der Waals surface area contributed by atoms with Gasteiger partial charge in [0.2, 0.25) is 0 Å². The van der Waals surface area contributed by atoms with E-state index in [0.29, 0.717) is 53.7 Å². The van der Waals surface area contributed by atoms with E-state index in [1.807, 2.05) is 0 Å². The van der Waals surface area contributed by atoms with Gasteiger partial charge in [-0.3, -0.25) is 9.69 Å². The van der Waals surface area contributed by atoms with Crippen molar-refractivity contribution >= 4 is 11.6 Å². The number of nitrogens with zero attached hydrogens (tertiary/aromatic N) is 2. The van der Waals surface area contributed by atoms with Gasteiger partial charge in [0.05, 0.1) is 5.69 Å². The average molecular weight is 388 g/mol. The summed E-state index contributed by atoms with van der Waals surface area (Å²) in [5, 5.41) is 0.608. The number of hydrogen-bond donors (Lipinski definition) is 1. The van der Waals surface area contributed by atoms with Crippen LogP contribution >= 0.6 is 11.6 Å². The Labute approximate surface area is 159 Å². The molecule has 0 atom stereocenters. The maximum atomic E-state index is 13.4. The molecule has 0 saturated carbocycles. The standard InChI is InChI=1S/C20H16ClF2N3O/c21-14-4-2-13(3-5-14)19-24-18-11-26(8-7-15(18)20(27)25-19)10-12-1-6-16(22)17(23)9-12/h1-6,9H,7-8,10-11H2,(H,24,25,27). The maximum Gasteiger partial charge on any atom is 0.254 e. The summed E-state index contributed by atoms with van der Waals surface area (Å²) < 4.78 is 26.5. The highest BCUT2D eigenvalue weighted by Gasteiger charge is 2.21. The molecule has 0 spiro atoms.